The Labute approximate surface area is 191 Å². The van der Waals surface area contributed by atoms with Gasteiger partial charge < -0.3 is 4.90 Å². The van der Waals surface area contributed by atoms with Crippen LogP contribution in [0.2, 0.25) is 5.02 Å². The molecule has 0 spiro atoms. The molecule has 0 amide bonds. The first-order chi connectivity index (χ1) is 13.7. The second-order valence-corrected chi connectivity index (χ2v) is 11.2. The van der Waals surface area contributed by atoms with E-state index in [1.54, 1.807) is 5.38 Å². The van der Waals surface area contributed by atoms with Crippen LogP contribution in [0.25, 0.3) is 0 Å². The van der Waals surface area contributed by atoms with Gasteiger partial charge in [-0.25, -0.2) is 25.3 Å². The van der Waals surface area contributed by atoms with E-state index in [4.69, 9.17) is 11.6 Å². The first kappa shape index (κ1) is 22.9. The van der Waals surface area contributed by atoms with Crippen LogP contribution >= 0.6 is 45.8 Å². The van der Waals surface area contributed by atoms with E-state index >= 15 is 0 Å². The number of aromatic nitrogens is 1. The van der Waals surface area contributed by atoms with Crippen LogP contribution < -0.4 is 9.62 Å². The molecule has 2 atom stereocenters. The van der Waals surface area contributed by atoms with Crippen molar-refractivity contribution < 1.29 is 17.2 Å². The molecule has 2 heterocycles. The van der Waals surface area contributed by atoms with E-state index in [-0.39, 0.29) is 10.8 Å². The third-order valence-corrected chi connectivity index (χ3v) is 8.27. The van der Waals surface area contributed by atoms with Crippen LogP contribution in [0.5, 0.6) is 0 Å². The van der Waals surface area contributed by atoms with Gasteiger partial charge in [0, 0.05) is 59.6 Å². The Balaban J connectivity index is 1.90. The van der Waals surface area contributed by atoms with Gasteiger partial charge in [-0.05, 0) is 25.8 Å². The first-order valence-corrected chi connectivity index (χ1v) is 12.6. The molecule has 6 nitrogen and oxygen atoms in total. The number of thiazole rings is 1. The van der Waals surface area contributed by atoms with Gasteiger partial charge in [0.05, 0.1) is 5.69 Å². The van der Waals surface area contributed by atoms with Crippen molar-refractivity contribution in [2.45, 2.75) is 30.7 Å². The Hall–Kier alpha value is -0.760. The van der Waals surface area contributed by atoms with Crippen molar-refractivity contribution in [1.82, 2.24) is 8.10 Å². The van der Waals surface area contributed by atoms with Gasteiger partial charge in [0.2, 0.25) is 0 Å². The predicted molar refractivity (Wildman–Crippen MR) is 120 cm³/mol. The summed E-state index contributed by atoms with van der Waals surface area (Å²) in [6.07, 6.45) is 3.19. The van der Waals surface area contributed by atoms with E-state index < -0.39 is 31.6 Å². The Bertz CT molecular complexity index is 976. The Kier molecular flexibility index (Phi) is 7.24. The Morgan fingerprint density at radius 3 is 2.83 bits per heavy atom. The topological polar surface area (TPSA) is 65.5 Å². The van der Waals surface area contributed by atoms with Crippen LogP contribution in [0.3, 0.4) is 0 Å². The molecule has 2 aromatic rings. The minimum absolute atomic E-state index is 0.0138. The second kappa shape index (κ2) is 9.16. The van der Waals surface area contributed by atoms with Gasteiger partial charge in [-0.3, -0.25) is 4.72 Å². The van der Waals surface area contributed by atoms with Crippen molar-refractivity contribution in [1.29, 1.82) is 0 Å². The molecular weight excluding hydrogens is 557 g/mol. The lowest BCUT2D eigenvalue weighted by Crippen LogP contribution is -2.33. The van der Waals surface area contributed by atoms with Crippen molar-refractivity contribution in [2.75, 3.05) is 29.8 Å². The van der Waals surface area contributed by atoms with Crippen molar-refractivity contribution in [3.05, 3.63) is 34.3 Å². The van der Waals surface area contributed by atoms with Gasteiger partial charge in [-0.1, -0.05) is 18.5 Å². The number of anilines is 2. The van der Waals surface area contributed by atoms with E-state index in [9.17, 15) is 17.2 Å². The number of nitrogens with one attached hydrogen (secondary N) is 1. The van der Waals surface area contributed by atoms with E-state index in [0.717, 1.165) is 30.2 Å². The summed E-state index contributed by atoms with van der Waals surface area (Å²) < 4.78 is 58.8. The van der Waals surface area contributed by atoms with E-state index in [2.05, 4.69) is 42.6 Å². The Morgan fingerprint density at radius 1 is 1.52 bits per heavy atom. The minimum atomic E-state index is -4.51. The van der Waals surface area contributed by atoms with Crippen LogP contribution in [-0.2, 0) is 10.0 Å². The van der Waals surface area contributed by atoms with Gasteiger partial charge in [-0.15, -0.1) is 11.3 Å². The fourth-order valence-electron chi connectivity index (χ4n) is 3.68. The molecular formula is C17H20ClF2IN4O2S2. The number of halogens is 4. The van der Waals surface area contributed by atoms with Crippen molar-refractivity contribution in [2.24, 2.45) is 5.92 Å². The molecule has 12 heteroatoms. The summed E-state index contributed by atoms with van der Waals surface area (Å²) in [5, 5.41) is 1.16. The molecule has 0 bridgehead atoms. The second-order valence-electron chi connectivity index (χ2n) is 6.77. The molecule has 2 unspecified atom stereocenters. The van der Waals surface area contributed by atoms with Crippen molar-refractivity contribution >= 4 is 66.6 Å². The summed E-state index contributed by atoms with van der Waals surface area (Å²) in [5.74, 6) is -2.17. The van der Waals surface area contributed by atoms with Crippen LogP contribution in [0, 0.1) is 17.6 Å². The number of hydrogen-bond donors (Lipinski definition) is 1. The van der Waals surface area contributed by atoms with Crippen molar-refractivity contribution in [3.8, 4) is 0 Å². The zero-order valence-corrected chi connectivity index (χ0v) is 20.2. The smallest absolute Gasteiger partial charge is 0.269 e. The van der Waals surface area contributed by atoms with Gasteiger partial charge in [0.15, 0.2) is 15.8 Å². The lowest BCUT2D eigenvalue weighted by molar-refractivity contribution is 0.312. The molecule has 1 aromatic carbocycles. The molecule has 0 aliphatic carbocycles. The minimum Gasteiger partial charge on any atom is -0.370 e. The molecule has 1 aliphatic rings. The molecule has 1 fully saturated rings. The fraction of sp³-hybridized carbons (Fsp3) is 0.471. The van der Waals surface area contributed by atoms with E-state index in [1.165, 1.54) is 6.20 Å². The first-order valence-electron chi connectivity index (χ1n) is 8.89. The Morgan fingerprint density at radius 2 is 2.24 bits per heavy atom. The molecule has 0 saturated carbocycles. The molecule has 29 heavy (non-hydrogen) atoms. The van der Waals surface area contributed by atoms with Gasteiger partial charge in [0.1, 0.15) is 10.8 Å². The maximum absolute atomic E-state index is 14.9. The van der Waals surface area contributed by atoms with E-state index in [0.29, 0.717) is 25.0 Å². The van der Waals surface area contributed by atoms with Gasteiger partial charge in [0.25, 0.3) is 10.0 Å². The van der Waals surface area contributed by atoms with Gasteiger partial charge in [-0.2, -0.15) is 0 Å². The number of sulfonamides is 1. The third-order valence-electron chi connectivity index (χ3n) is 5.00. The number of benzene rings is 1. The number of hydrogen-bond acceptors (Lipinski definition) is 6. The molecule has 1 N–H and O–H groups in total. The van der Waals surface area contributed by atoms with Crippen LogP contribution in [-0.4, -0.2) is 42.7 Å². The largest absolute Gasteiger partial charge is 0.370 e. The quantitative estimate of drug-likeness (QED) is 0.293. The third kappa shape index (κ3) is 4.78. The molecule has 160 valence electrons. The highest BCUT2D eigenvalue weighted by atomic mass is 127. The standard InChI is InChI=1S/C17H20ClF2IN4O2S2/c1-3-12(24(2)21)10-4-6-25(9-10)13-8-11(19)16(15(20)14(13)18)29(26,27)23-17-22-5-7-28-17/h5,7-8,10,12H,3-4,6,9H2,1-2H3,(H,22,23). The molecule has 0 radical (unpaired) electrons. The zero-order valence-electron chi connectivity index (χ0n) is 15.7. The van der Waals surface area contributed by atoms with E-state index in [1.807, 2.05) is 11.9 Å². The average molecular weight is 577 g/mol. The normalized spacial score (nSPS) is 18.4. The van der Waals surface area contributed by atoms with Crippen molar-refractivity contribution in [3.63, 3.8) is 0 Å². The molecule has 1 aliphatic heterocycles. The number of nitrogens with zero attached hydrogens (tertiary/aromatic N) is 3. The summed E-state index contributed by atoms with van der Waals surface area (Å²) in [4.78, 5) is 4.48. The SMILES string of the molecule is CCC(C1CCN(c2cc(F)c(S(=O)(=O)Nc3nccs3)c(F)c2Cl)C1)N(C)I. The predicted octanol–water partition coefficient (Wildman–Crippen LogP) is 4.76. The molecule has 3 rings (SSSR count). The average Bonchev–Trinajstić information content (AvgIpc) is 3.30. The summed E-state index contributed by atoms with van der Waals surface area (Å²) in [6, 6.07) is 1.33. The summed E-state index contributed by atoms with van der Waals surface area (Å²) in [7, 11) is -2.51. The maximum Gasteiger partial charge on any atom is 0.269 e. The van der Waals surface area contributed by atoms with Crippen LogP contribution in [0.4, 0.5) is 19.6 Å². The lowest BCUT2D eigenvalue weighted by atomic mass is 9.97. The van der Waals surface area contributed by atoms with Crippen LogP contribution in [0.1, 0.15) is 19.8 Å². The van der Waals surface area contributed by atoms with Gasteiger partial charge >= 0.3 is 0 Å². The maximum atomic E-state index is 14.9. The highest BCUT2D eigenvalue weighted by Gasteiger charge is 2.34. The highest BCUT2D eigenvalue weighted by molar-refractivity contribution is 14.1. The molecule has 1 aromatic heterocycles. The monoisotopic (exact) mass is 576 g/mol. The lowest BCUT2D eigenvalue weighted by Gasteiger charge is -2.28. The highest BCUT2D eigenvalue weighted by Crippen LogP contribution is 2.38. The fourth-order valence-corrected chi connectivity index (χ4v) is 6.78. The zero-order chi connectivity index (χ0) is 21.3. The number of rotatable bonds is 7. The summed E-state index contributed by atoms with van der Waals surface area (Å²) in [5.41, 5.74) is 0.170. The summed E-state index contributed by atoms with van der Waals surface area (Å²) in [6.45, 7) is 3.28. The summed E-state index contributed by atoms with van der Waals surface area (Å²) >= 11 is 9.41. The molecule has 1 saturated heterocycles. The van der Waals surface area contributed by atoms with Crippen LogP contribution in [0.15, 0.2) is 22.5 Å².